The van der Waals surface area contributed by atoms with Crippen LogP contribution in [-0.4, -0.2) is 10.8 Å². The lowest BCUT2D eigenvalue weighted by Crippen LogP contribution is -2.29. The smallest absolute Gasteiger partial charge is 0.133 e. The lowest BCUT2D eigenvalue weighted by atomic mass is 9.70. The third-order valence-electron chi connectivity index (χ3n) is 4.01. The molecule has 2 nitrogen and oxygen atoms in total. The molecule has 0 radical (unpaired) electrons. The molecule has 0 amide bonds. The Kier molecular flexibility index (Phi) is 2.32. The maximum Gasteiger partial charge on any atom is 0.133 e. The lowest BCUT2D eigenvalue weighted by molar-refractivity contribution is -0.121. The van der Waals surface area contributed by atoms with E-state index >= 15 is 0 Å². The van der Waals surface area contributed by atoms with Gasteiger partial charge in [-0.15, -0.1) is 0 Å². The van der Waals surface area contributed by atoms with Crippen LogP contribution in [0.3, 0.4) is 0 Å². The van der Waals surface area contributed by atoms with Crippen LogP contribution in [-0.2, 0) is 10.2 Å². The summed E-state index contributed by atoms with van der Waals surface area (Å²) in [5.41, 5.74) is 2.50. The summed E-state index contributed by atoms with van der Waals surface area (Å²) in [6.07, 6.45) is 5.67. The summed E-state index contributed by atoms with van der Waals surface area (Å²) < 4.78 is 0. The van der Waals surface area contributed by atoms with Gasteiger partial charge in [-0.25, -0.2) is 0 Å². The van der Waals surface area contributed by atoms with Crippen LogP contribution in [0, 0.1) is 0 Å². The van der Waals surface area contributed by atoms with Crippen molar-refractivity contribution in [2.45, 2.75) is 38.0 Å². The molecule has 2 heteroatoms. The first-order valence-electron chi connectivity index (χ1n) is 6.27. The molecule has 3 rings (SSSR count). The zero-order chi connectivity index (χ0) is 11.9. The van der Waals surface area contributed by atoms with Crippen LogP contribution in [0.5, 0.6) is 0 Å². The number of carbonyl (C=O) groups excluding carboxylic acids is 1. The van der Waals surface area contributed by atoms with Crippen LogP contribution >= 0.6 is 0 Å². The summed E-state index contributed by atoms with van der Waals surface area (Å²) in [4.78, 5) is 15.0. The van der Waals surface area contributed by atoms with Gasteiger partial charge in [0.05, 0.1) is 0 Å². The molecule has 1 aliphatic carbocycles. The highest BCUT2D eigenvalue weighted by molar-refractivity contribution is 5.87. The van der Waals surface area contributed by atoms with Gasteiger partial charge in [-0.05, 0) is 24.5 Å². The number of rotatable bonds is 1. The second-order valence-electron chi connectivity index (χ2n) is 5.38. The van der Waals surface area contributed by atoms with Gasteiger partial charge < -0.3 is 4.98 Å². The number of nitrogens with one attached hydrogen (secondary N) is 1. The van der Waals surface area contributed by atoms with E-state index in [-0.39, 0.29) is 5.41 Å². The molecule has 2 aromatic rings. The fraction of sp³-hybridized carbons (Fsp3) is 0.400. The largest absolute Gasteiger partial charge is 0.361 e. The van der Waals surface area contributed by atoms with Crippen LogP contribution in [0.1, 0.15) is 38.2 Å². The van der Waals surface area contributed by atoms with Crippen LogP contribution in [0.25, 0.3) is 10.9 Å². The molecule has 17 heavy (non-hydrogen) atoms. The van der Waals surface area contributed by atoms with Gasteiger partial charge in [-0.3, -0.25) is 4.79 Å². The number of benzene rings is 1. The molecule has 1 saturated carbocycles. The molecule has 88 valence electrons. The molecule has 0 bridgehead atoms. The van der Waals surface area contributed by atoms with Crippen LogP contribution in [0.2, 0.25) is 0 Å². The molecule has 0 saturated heterocycles. The Bertz CT molecular complexity index is 569. The highest BCUT2D eigenvalue weighted by Gasteiger charge is 2.34. The number of Topliss-reactive ketones (excluding diaryl/α,β-unsaturated/α-hetero) is 1. The summed E-state index contributed by atoms with van der Waals surface area (Å²) in [6.45, 7) is 2.22. The SMILES string of the molecule is C[C@@]1(c2c[nH]c3ccccc23)CCCC(=O)C1. The minimum Gasteiger partial charge on any atom is -0.361 e. The van der Waals surface area contributed by atoms with E-state index in [1.807, 2.05) is 6.07 Å². The number of aromatic amines is 1. The molecule has 1 aliphatic rings. The van der Waals surface area contributed by atoms with Crippen molar-refractivity contribution < 1.29 is 4.79 Å². The summed E-state index contributed by atoms with van der Waals surface area (Å²) >= 11 is 0. The Hall–Kier alpha value is -1.57. The molecular weight excluding hydrogens is 210 g/mol. The molecule has 1 N–H and O–H groups in total. The predicted molar refractivity (Wildman–Crippen MR) is 69.1 cm³/mol. The summed E-state index contributed by atoms with van der Waals surface area (Å²) in [6, 6.07) is 8.34. The van der Waals surface area contributed by atoms with E-state index < -0.39 is 0 Å². The monoisotopic (exact) mass is 227 g/mol. The Morgan fingerprint density at radius 1 is 1.29 bits per heavy atom. The van der Waals surface area contributed by atoms with E-state index in [0.717, 1.165) is 19.3 Å². The second-order valence-corrected chi connectivity index (χ2v) is 5.38. The standard InChI is InChI=1S/C15H17NO/c1-15(8-4-5-11(17)9-15)13-10-16-14-7-3-2-6-12(13)14/h2-3,6-7,10,16H,4-5,8-9H2,1H3/t15-/m1/s1. The van der Waals surface area contributed by atoms with E-state index in [4.69, 9.17) is 0 Å². The first-order chi connectivity index (χ1) is 8.19. The molecule has 1 atom stereocenters. The molecule has 1 aromatic heterocycles. The quantitative estimate of drug-likeness (QED) is 0.793. The van der Waals surface area contributed by atoms with Gasteiger partial charge in [0.1, 0.15) is 5.78 Å². The second kappa shape index (κ2) is 3.73. The Labute approximate surface area is 101 Å². The van der Waals surface area contributed by atoms with E-state index in [9.17, 15) is 4.79 Å². The van der Waals surface area contributed by atoms with Gasteiger partial charge in [0.15, 0.2) is 0 Å². The normalized spacial score (nSPS) is 25.4. The van der Waals surface area contributed by atoms with Crippen LogP contribution in [0.15, 0.2) is 30.5 Å². The molecule has 0 aliphatic heterocycles. The molecule has 1 heterocycles. The maximum atomic E-state index is 11.7. The van der Waals surface area contributed by atoms with Gasteiger partial charge in [-0.2, -0.15) is 0 Å². The highest BCUT2D eigenvalue weighted by Crippen LogP contribution is 2.40. The van der Waals surface area contributed by atoms with Gasteiger partial charge in [0.2, 0.25) is 0 Å². The van der Waals surface area contributed by atoms with Gasteiger partial charge in [0, 0.05) is 35.4 Å². The van der Waals surface area contributed by atoms with Crippen molar-refractivity contribution >= 4 is 16.7 Å². The Morgan fingerprint density at radius 2 is 2.12 bits per heavy atom. The number of aromatic nitrogens is 1. The third kappa shape index (κ3) is 1.68. The number of para-hydroxylation sites is 1. The van der Waals surface area contributed by atoms with Crippen LogP contribution < -0.4 is 0 Å². The number of fused-ring (bicyclic) bond motifs is 1. The number of ketones is 1. The fourth-order valence-electron chi connectivity index (χ4n) is 3.09. The third-order valence-corrected chi connectivity index (χ3v) is 4.01. The van der Waals surface area contributed by atoms with Crippen molar-refractivity contribution in [3.8, 4) is 0 Å². The van der Waals surface area contributed by atoms with Gasteiger partial charge in [-0.1, -0.05) is 25.1 Å². The van der Waals surface area contributed by atoms with Crippen LogP contribution in [0.4, 0.5) is 0 Å². The minimum atomic E-state index is 0.0228. The predicted octanol–water partition coefficient (Wildman–Crippen LogP) is 3.57. The molecular formula is C15H17NO. The molecule has 0 unspecified atom stereocenters. The maximum absolute atomic E-state index is 11.7. The van der Waals surface area contributed by atoms with Crippen molar-refractivity contribution in [1.82, 2.24) is 4.98 Å². The first kappa shape index (κ1) is 10.6. The van der Waals surface area contributed by atoms with Gasteiger partial charge in [0.25, 0.3) is 0 Å². The summed E-state index contributed by atoms with van der Waals surface area (Å²) in [5, 5.41) is 1.27. The zero-order valence-electron chi connectivity index (χ0n) is 10.1. The highest BCUT2D eigenvalue weighted by atomic mass is 16.1. The van der Waals surface area contributed by atoms with E-state index in [1.54, 1.807) is 0 Å². The lowest BCUT2D eigenvalue weighted by Gasteiger charge is -2.32. The van der Waals surface area contributed by atoms with Crippen molar-refractivity contribution in [2.75, 3.05) is 0 Å². The zero-order valence-corrected chi connectivity index (χ0v) is 10.1. The average Bonchev–Trinajstić information content (AvgIpc) is 2.72. The number of carbonyl (C=O) groups is 1. The molecule has 1 aromatic carbocycles. The molecule has 1 fully saturated rings. The first-order valence-corrected chi connectivity index (χ1v) is 6.27. The topological polar surface area (TPSA) is 32.9 Å². The minimum absolute atomic E-state index is 0.0228. The summed E-state index contributed by atoms with van der Waals surface area (Å²) in [7, 11) is 0. The number of hydrogen-bond acceptors (Lipinski definition) is 1. The average molecular weight is 227 g/mol. The van der Waals surface area contributed by atoms with Crippen molar-refractivity contribution in [1.29, 1.82) is 0 Å². The van der Waals surface area contributed by atoms with E-state index in [0.29, 0.717) is 12.2 Å². The Balaban J connectivity index is 2.11. The van der Waals surface area contributed by atoms with Gasteiger partial charge >= 0.3 is 0 Å². The fourth-order valence-corrected chi connectivity index (χ4v) is 3.09. The molecule has 0 spiro atoms. The van der Waals surface area contributed by atoms with Crippen molar-refractivity contribution in [3.05, 3.63) is 36.0 Å². The van der Waals surface area contributed by atoms with E-state index in [2.05, 4.69) is 36.3 Å². The Morgan fingerprint density at radius 3 is 2.94 bits per heavy atom. The number of H-pyrrole nitrogens is 1. The summed E-state index contributed by atoms with van der Waals surface area (Å²) in [5.74, 6) is 0.407. The van der Waals surface area contributed by atoms with Crippen molar-refractivity contribution in [2.24, 2.45) is 0 Å². The number of hydrogen-bond donors (Lipinski definition) is 1. The van der Waals surface area contributed by atoms with Crippen molar-refractivity contribution in [3.63, 3.8) is 0 Å². The van der Waals surface area contributed by atoms with E-state index in [1.165, 1.54) is 16.5 Å².